The number of amides is 2. The molecule has 0 aliphatic rings. The van der Waals surface area contributed by atoms with Crippen LogP contribution in [0.15, 0.2) is 63.8 Å². The smallest absolute Gasteiger partial charge is 0.388 e. The van der Waals surface area contributed by atoms with Crippen LogP contribution in [0.25, 0.3) is 11.5 Å². The van der Waals surface area contributed by atoms with E-state index >= 15 is 0 Å². The van der Waals surface area contributed by atoms with E-state index in [0.717, 1.165) is 10.2 Å². The van der Waals surface area contributed by atoms with Gasteiger partial charge in [-0.1, -0.05) is 36.4 Å². The summed E-state index contributed by atoms with van der Waals surface area (Å²) in [5.41, 5.74) is 6.40. The molecule has 1 aromatic heterocycles. The fourth-order valence-corrected chi connectivity index (χ4v) is 2.30. The number of aromatic nitrogens is 2. The van der Waals surface area contributed by atoms with Gasteiger partial charge in [0.2, 0.25) is 5.89 Å². The summed E-state index contributed by atoms with van der Waals surface area (Å²) < 4.78 is 5.93. The Kier molecular flexibility index (Phi) is 4.93. The van der Waals surface area contributed by atoms with E-state index in [0.29, 0.717) is 11.1 Å². The molecule has 2 amide bonds. The van der Waals surface area contributed by atoms with E-state index in [-0.39, 0.29) is 12.4 Å². The normalized spacial score (nSPS) is 10.3. The number of aryl methyl sites for hydroxylation is 1. The molecule has 0 spiro atoms. The second-order valence-corrected chi connectivity index (χ2v) is 5.51. The Bertz CT molecular complexity index is 992. The van der Waals surface area contributed by atoms with Gasteiger partial charge in [-0.25, -0.2) is 4.79 Å². The van der Waals surface area contributed by atoms with Crippen LogP contribution in [0, 0.1) is 6.92 Å². The summed E-state index contributed by atoms with van der Waals surface area (Å²) in [6, 6.07) is 15.8. The molecule has 2 aromatic carbocycles. The minimum atomic E-state index is -0.760. The van der Waals surface area contributed by atoms with Gasteiger partial charge in [0.1, 0.15) is 6.54 Å². The van der Waals surface area contributed by atoms with E-state index in [1.807, 2.05) is 12.1 Å². The molecule has 0 radical (unpaired) electrons. The first kappa shape index (κ1) is 17.2. The number of benzene rings is 2. The SMILES string of the molecule is Cc1ccccc1C(=O)NNC(=O)Cn1nc(-c2ccccc2)oc1=O. The molecule has 0 bridgehead atoms. The first-order valence-electron chi connectivity index (χ1n) is 7.83. The monoisotopic (exact) mass is 352 g/mol. The van der Waals surface area contributed by atoms with Crippen LogP contribution in [-0.2, 0) is 11.3 Å². The summed E-state index contributed by atoms with van der Waals surface area (Å²) in [4.78, 5) is 35.8. The van der Waals surface area contributed by atoms with Gasteiger partial charge in [0.25, 0.3) is 11.8 Å². The van der Waals surface area contributed by atoms with Crippen molar-refractivity contribution in [3.63, 3.8) is 0 Å². The second-order valence-electron chi connectivity index (χ2n) is 5.51. The molecule has 0 unspecified atom stereocenters. The molecule has 8 nitrogen and oxygen atoms in total. The van der Waals surface area contributed by atoms with E-state index in [2.05, 4.69) is 16.0 Å². The third-order valence-electron chi connectivity index (χ3n) is 3.63. The maximum atomic E-state index is 12.0. The van der Waals surface area contributed by atoms with Crippen molar-refractivity contribution in [2.24, 2.45) is 0 Å². The molecular formula is C18H16N4O4. The maximum absolute atomic E-state index is 12.0. The average Bonchev–Trinajstić information content (AvgIpc) is 3.01. The zero-order valence-electron chi connectivity index (χ0n) is 13.9. The van der Waals surface area contributed by atoms with Crippen LogP contribution in [0.4, 0.5) is 0 Å². The predicted molar refractivity (Wildman–Crippen MR) is 93.0 cm³/mol. The molecule has 0 fully saturated rings. The van der Waals surface area contributed by atoms with Crippen molar-refractivity contribution in [2.45, 2.75) is 13.5 Å². The Morgan fingerprint density at radius 2 is 1.73 bits per heavy atom. The van der Waals surface area contributed by atoms with Crippen LogP contribution < -0.4 is 16.6 Å². The highest BCUT2D eigenvalue weighted by molar-refractivity contribution is 5.96. The highest BCUT2D eigenvalue weighted by Crippen LogP contribution is 2.13. The summed E-state index contributed by atoms with van der Waals surface area (Å²) >= 11 is 0. The number of hydrogen-bond donors (Lipinski definition) is 2. The third-order valence-corrected chi connectivity index (χ3v) is 3.63. The lowest BCUT2D eigenvalue weighted by atomic mass is 10.1. The maximum Gasteiger partial charge on any atom is 0.437 e. The van der Waals surface area contributed by atoms with Gasteiger partial charge in [-0.05, 0) is 30.7 Å². The van der Waals surface area contributed by atoms with Crippen LogP contribution in [0.1, 0.15) is 15.9 Å². The highest BCUT2D eigenvalue weighted by atomic mass is 16.4. The van der Waals surface area contributed by atoms with Crippen LogP contribution in [-0.4, -0.2) is 21.6 Å². The van der Waals surface area contributed by atoms with Crippen molar-refractivity contribution < 1.29 is 14.0 Å². The Balaban J connectivity index is 1.62. The van der Waals surface area contributed by atoms with Crippen molar-refractivity contribution >= 4 is 11.8 Å². The van der Waals surface area contributed by atoms with Crippen molar-refractivity contribution in [3.8, 4) is 11.5 Å². The zero-order valence-corrected chi connectivity index (χ0v) is 13.9. The lowest BCUT2D eigenvalue weighted by Crippen LogP contribution is -2.44. The van der Waals surface area contributed by atoms with Crippen molar-refractivity contribution in [1.82, 2.24) is 20.6 Å². The molecule has 26 heavy (non-hydrogen) atoms. The topological polar surface area (TPSA) is 106 Å². The Labute approximate surface area is 148 Å². The lowest BCUT2D eigenvalue weighted by molar-refractivity contribution is -0.122. The molecule has 1 heterocycles. The fourth-order valence-electron chi connectivity index (χ4n) is 2.30. The van der Waals surface area contributed by atoms with Crippen LogP contribution in [0.2, 0.25) is 0 Å². The molecule has 0 aliphatic heterocycles. The molecule has 0 aliphatic carbocycles. The van der Waals surface area contributed by atoms with Crippen LogP contribution in [0.3, 0.4) is 0 Å². The minimum absolute atomic E-state index is 0.118. The number of nitrogens with zero attached hydrogens (tertiary/aromatic N) is 2. The number of hydrogen-bond acceptors (Lipinski definition) is 5. The molecule has 3 rings (SSSR count). The van der Waals surface area contributed by atoms with E-state index in [1.54, 1.807) is 49.4 Å². The number of hydrazine groups is 1. The quantitative estimate of drug-likeness (QED) is 0.688. The first-order chi connectivity index (χ1) is 12.5. The Morgan fingerprint density at radius 1 is 1.04 bits per heavy atom. The second kappa shape index (κ2) is 7.47. The largest absolute Gasteiger partial charge is 0.437 e. The van der Waals surface area contributed by atoms with E-state index in [4.69, 9.17) is 4.42 Å². The Hall–Kier alpha value is -3.68. The summed E-state index contributed by atoms with van der Waals surface area (Å²) in [6.07, 6.45) is 0. The van der Waals surface area contributed by atoms with Crippen molar-refractivity contribution in [3.05, 3.63) is 76.3 Å². The van der Waals surface area contributed by atoms with Gasteiger partial charge in [-0.15, -0.1) is 5.10 Å². The first-order valence-corrected chi connectivity index (χ1v) is 7.83. The summed E-state index contributed by atoms with van der Waals surface area (Å²) in [5, 5.41) is 3.98. The average molecular weight is 352 g/mol. The predicted octanol–water partition coefficient (Wildman–Crippen LogP) is 1.27. The summed E-state index contributed by atoms with van der Waals surface area (Å²) in [7, 11) is 0. The van der Waals surface area contributed by atoms with Gasteiger partial charge >= 0.3 is 5.76 Å². The van der Waals surface area contributed by atoms with Crippen LogP contribution >= 0.6 is 0 Å². The number of rotatable bonds is 4. The van der Waals surface area contributed by atoms with Gasteiger partial charge in [-0.3, -0.25) is 20.4 Å². The molecule has 2 N–H and O–H groups in total. The fraction of sp³-hybridized carbons (Fsp3) is 0.111. The zero-order chi connectivity index (χ0) is 18.5. The van der Waals surface area contributed by atoms with Gasteiger partial charge in [-0.2, -0.15) is 4.68 Å². The van der Waals surface area contributed by atoms with Crippen molar-refractivity contribution in [2.75, 3.05) is 0 Å². The van der Waals surface area contributed by atoms with Gasteiger partial charge in [0, 0.05) is 11.1 Å². The minimum Gasteiger partial charge on any atom is -0.388 e. The van der Waals surface area contributed by atoms with E-state index < -0.39 is 17.6 Å². The molecule has 0 atom stereocenters. The molecule has 0 saturated carbocycles. The summed E-state index contributed by atoms with van der Waals surface area (Å²) in [5.74, 6) is -1.70. The van der Waals surface area contributed by atoms with Crippen LogP contribution in [0.5, 0.6) is 0 Å². The van der Waals surface area contributed by atoms with Gasteiger partial charge < -0.3 is 4.42 Å². The van der Waals surface area contributed by atoms with Crippen molar-refractivity contribution in [1.29, 1.82) is 0 Å². The molecule has 132 valence electrons. The standard InChI is InChI=1S/C18H16N4O4/c1-12-7-5-6-10-14(12)16(24)20-19-15(23)11-22-18(25)26-17(21-22)13-8-3-2-4-9-13/h2-10H,11H2,1H3,(H,19,23)(H,20,24). The highest BCUT2D eigenvalue weighted by Gasteiger charge is 2.14. The summed E-state index contributed by atoms with van der Waals surface area (Å²) in [6.45, 7) is 1.40. The Morgan fingerprint density at radius 3 is 2.46 bits per heavy atom. The van der Waals surface area contributed by atoms with Gasteiger partial charge in [0.05, 0.1) is 0 Å². The van der Waals surface area contributed by atoms with E-state index in [9.17, 15) is 14.4 Å². The number of carbonyl (C=O) groups excluding carboxylic acids is 2. The number of carbonyl (C=O) groups is 2. The molecule has 0 saturated heterocycles. The molecular weight excluding hydrogens is 336 g/mol. The van der Waals surface area contributed by atoms with Gasteiger partial charge in [0.15, 0.2) is 0 Å². The molecule has 3 aromatic rings. The third kappa shape index (κ3) is 3.86. The lowest BCUT2D eigenvalue weighted by Gasteiger charge is -2.08. The number of nitrogens with one attached hydrogen (secondary N) is 2. The van der Waals surface area contributed by atoms with E-state index in [1.165, 1.54) is 0 Å². The molecule has 8 heteroatoms.